The summed E-state index contributed by atoms with van der Waals surface area (Å²) in [7, 11) is 0. The average Bonchev–Trinajstić information content (AvgIpc) is 2.81. The first-order valence-corrected chi connectivity index (χ1v) is 5.65. The molecule has 0 saturated carbocycles. The SMILES string of the molecule is O=C(NC1CCNC1)c1cccc(C(F)(F)F)c1. The van der Waals surface area contributed by atoms with Crippen LogP contribution < -0.4 is 10.6 Å². The molecule has 0 spiro atoms. The van der Waals surface area contributed by atoms with Crippen molar-refractivity contribution in [2.75, 3.05) is 13.1 Å². The highest BCUT2D eigenvalue weighted by molar-refractivity contribution is 5.94. The zero-order valence-electron chi connectivity index (χ0n) is 9.55. The first-order chi connectivity index (χ1) is 8.47. The number of rotatable bonds is 2. The first kappa shape index (κ1) is 12.9. The lowest BCUT2D eigenvalue weighted by atomic mass is 10.1. The van der Waals surface area contributed by atoms with Gasteiger partial charge >= 0.3 is 6.18 Å². The quantitative estimate of drug-likeness (QED) is 0.849. The lowest BCUT2D eigenvalue weighted by Crippen LogP contribution is -2.36. The van der Waals surface area contributed by atoms with Crippen LogP contribution in [0.25, 0.3) is 0 Å². The minimum absolute atomic E-state index is 0.00737. The van der Waals surface area contributed by atoms with Gasteiger partial charge in [0.25, 0.3) is 5.91 Å². The summed E-state index contributed by atoms with van der Waals surface area (Å²) in [6.07, 6.45) is -3.63. The van der Waals surface area contributed by atoms with Crippen LogP contribution >= 0.6 is 0 Å². The molecule has 1 aromatic carbocycles. The summed E-state index contributed by atoms with van der Waals surface area (Å²) in [6, 6.07) is 4.44. The zero-order valence-corrected chi connectivity index (χ0v) is 9.55. The molecule has 6 heteroatoms. The lowest BCUT2D eigenvalue weighted by Gasteiger charge is -2.12. The third kappa shape index (κ3) is 3.01. The molecule has 98 valence electrons. The molecule has 1 fully saturated rings. The smallest absolute Gasteiger partial charge is 0.348 e. The van der Waals surface area contributed by atoms with E-state index in [0.717, 1.165) is 25.1 Å². The summed E-state index contributed by atoms with van der Waals surface area (Å²) in [5, 5.41) is 5.78. The number of alkyl halides is 3. The second-order valence-electron chi connectivity index (χ2n) is 4.24. The van der Waals surface area contributed by atoms with Crippen molar-refractivity contribution in [1.29, 1.82) is 0 Å². The van der Waals surface area contributed by atoms with Crippen LogP contribution in [0.3, 0.4) is 0 Å². The highest BCUT2D eigenvalue weighted by Crippen LogP contribution is 2.29. The van der Waals surface area contributed by atoms with Crippen LogP contribution in [-0.4, -0.2) is 25.0 Å². The summed E-state index contributed by atoms with van der Waals surface area (Å²) in [4.78, 5) is 11.8. The van der Waals surface area contributed by atoms with Crippen LogP contribution in [0.5, 0.6) is 0 Å². The van der Waals surface area contributed by atoms with Crippen LogP contribution in [0.1, 0.15) is 22.3 Å². The van der Waals surface area contributed by atoms with Crippen LogP contribution in [0.4, 0.5) is 13.2 Å². The third-order valence-corrected chi connectivity index (χ3v) is 2.85. The van der Waals surface area contributed by atoms with Gasteiger partial charge in [0, 0.05) is 18.2 Å². The molecule has 1 atom stereocenters. The van der Waals surface area contributed by atoms with Crippen molar-refractivity contribution in [1.82, 2.24) is 10.6 Å². The van der Waals surface area contributed by atoms with Gasteiger partial charge in [-0.3, -0.25) is 4.79 Å². The summed E-state index contributed by atoms with van der Waals surface area (Å²) >= 11 is 0. The van der Waals surface area contributed by atoms with Crippen molar-refractivity contribution in [2.45, 2.75) is 18.6 Å². The molecule has 18 heavy (non-hydrogen) atoms. The fourth-order valence-corrected chi connectivity index (χ4v) is 1.88. The van der Waals surface area contributed by atoms with E-state index in [1.165, 1.54) is 12.1 Å². The molecule has 1 unspecified atom stereocenters. The molecule has 0 aromatic heterocycles. The Morgan fingerprint density at radius 2 is 2.17 bits per heavy atom. The molecule has 1 amide bonds. The van der Waals surface area contributed by atoms with Crippen molar-refractivity contribution in [3.8, 4) is 0 Å². The minimum Gasteiger partial charge on any atom is -0.348 e. The Bertz CT molecular complexity index is 439. The van der Waals surface area contributed by atoms with Gasteiger partial charge in [-0.2, -0.15) is 13.2 Å². The molecule has 2 N–H and O–H groups in total. The molecule has 1 aliphatic rings. The Morgan fingerprint density at radius 1 is 1.39 bits per heavy atom. The molecule has 1 aromatic rings. The van der Waals surface area contributed by atoms with E-state index in [2.05, 4.69) is 10.6 Å². The monoisotopic (exact) mass is 258 g/mol. The van der Waals surface area contributed by atoms with E-state index in [0.29, 0.717) is 6.54 Å². The van der Waals surface area contributed by atoms with Crippen LogP contribution in [-0.2, 0) is 6.18 Å². The van der Waals surface area contributed by atoms with Crippen molar-refractivity contribution in [2.24, 2.45) is 0 Å². The predicted molar refractivity (Wildman–Crippen MR) is 60.2 cm³/mol. The second-order valence-corrected chi connectivity index (χ2v) is 4.24. The maximum atomic E-state index is 12.5. The molecular formula is C12H13F3N2O. The Morgan fingerprint density at radius 3 is 2.78 bits per heavy atom. The van der Waals surface area contributed by atoms with Gasteiger partial charge in [0.1, 0.15) is 0 Å². The molecule has 1 heterocycles. The maximum Gasteiger partial charge on any atom is 0.416 e. The van der Waals surface area contributed by atoms with Crippen molar-refractivity contribution >= 4 is 5.91 Å². The zero-order chi connectivity index (χ0) is 13.2. The highest BCUT2D eigenvalue weighted by Gasteiger charge is 2.31. The summed E-state index contributed by atoms with van der Waals surface area (Å²) in [6.45, 7) is 1.47. The first-order valence-electron chi connectivity index (χ1n) is 5.65. The summed E-state index contributed by atoms with van der Waals surface area (Å²) in [5.74, 6) is -0.463. The van der Waals surface area contributed by atoms with Gasteiger partial charge in [0.2, 0.25) is 0 Å². The van der Waals surface area contributed by atoms with Gasteiger partial charge in [0.05, 0.1) is 5.56 Å². The molecule has 3 nitrogen and oxygen atoms in total. The molecule has 0 bridgehead atoms. The van der Waals surface area contributed by atoms with Crippen molar-refractivity contribution < 1.29 is 18.0 Å². The van der Waals surface area contributed by atoms with Gasteiger partial charge < -0.3 is 10.6 Å². The van der Waals surface area contributed by atoms with Gasteiger partial charge in [-0.25, -0.2) is 0 Å². The van der Waals surface area contributed by atoms with Gasteiger partial charge in [-0.05, 0) is 31.2 Å². The maximum absolute atomic E-state index is 12.5. The van der Waals surface area contributed by atoms with Crippen LogP contribution in [0, 0.1) is 0 Å². The number of halogens is 3. The number of hydrogen-bond donors (Lipinski definition) is 2. The van der Waals surface area contributed by atoms with Crippen molar-refractivity contribution in [3.63, 3.8) is 0 Å². The second kappa shape index (κ2) is 4.97. The Hall–Kier alpha value is -1.56. The lowest BCUT2D eigenvalue weighted by molar-refractivity contribution is -0.137. The molecule has 0 aliphatic carbocycles. The van der Waals surface area contributed by atoms with E-state index < -0.39 is 17.6 Å². The fourth-order valence-electron chi connectivity index (χ4n) is 1.88. The molecule has 0 radical (unpaired) electrons. The van der Waals surface area contributed by atoms with E-state index in [1.807, 2.05) is 0 Å². The van der Waals surface area contributed by atoms with Gasteiger partial charge in [0.15, 0.2) is 0 Å². The van der Waals surface area contributed by atoms with Crippen molar-refractivity contribution in [3.05, 3.63) is 35.4 Å². The minimum atomic E-state index is -4.43. The number of carbonyl (C=O) groups is 1. The Balaban J connectivity index is 2.10. The molecular weight excluding hydrogens is 245 g/mol. The van der Waals surface area contributed by atoms with Crippen LogP contribution in [0.2, 0.25) is 0 Å². The Labute approximate surface area is 102 Å². The summed E-state index contributed by atoms with van der Waals surface area (Å²) < 4.78 is 37.5. The standard InChI is InChI=1S/C12H13F3N2O/c13-12(14,15)9-3-1-2-8(6-9)11(18)17-10-4-5-16-7-10/h1-3,6,10,16H,4-5,7H2,(H,17,18). The number of nitrogens with one attached hydrogen (secondary N) is 2. The largest absolute Gasteiger partial charge is 0.416 e. The summed E-state index contributed by atoms with van der Waals surface area (Å²) in [5.41, 5.74) is -0.767. The van der Waals surface area contributed by atoms with E-state index in [1.54, 1.807) is 0 Å². The van der Waals surface area contributed by atoms with E-state index in [9.17, 15) is 18.0 Å². The highest BCUT2D eigenvalue weighted by atomic mass is 19.4. The number of amides is 1. The van der Waals surface area contributed by atoms with E-state index >= 15 is 0 Å². The average molecular weight is 258 g/mol. The van der Waals surface area contributed by atoms with Gasteiger partial charge in [-0.15, -0.1) is 0 Å². The predicted octanol–water partition coefficient (Wildman–Crippen LogP) is 1.80. The van der Waals surface area contributed by atoms with Crippen LogP contribution in [0.15, 0.2) is 24.3 Å². The fraction of sp³-hybridized carbons (Fsp3) is 0.417. The third-order valence-electron chi connectivity index (χ3n) is 2.85. The van der Waals surface area contributed by atoms with E-state index in [4.69, 9.17) is 0 Å². The van der Waals surface area contributed by atoms with Gasteiger partial charge in [-0.1, -0.05) is 6.07 Å². The molecule has 2 rings (SSSR count). The number of benzene rings is 1. The topological polar surface area (TPSA) is 41.1 Å². The molecule has 1 aliphatic heterocycles. The molecule has 1 saturated heterocycles. The van der Waals surface area contributed by atoms with E-state index in [-0.39, 0.29) is 11.6 Å². The number of carbonyl (C=O) groups excluding carboxylic acids is 1. The number of hydrogen-bond acceptors (Lipinski definition) is 2. The normalized spacial score (nSPS) is 19.8. The Kier molecular flexibility index (Phi) is 3.56.